The summed E-state index contributed by atoms with van der Waals surface area (Å²) in [6.45, 7) is 5.83. The van der Waals surface area contributed by atoms with Gasteiger partial charge in [-0.25, -0.2) is 0 Å². The van der Waals surface area contributed by atoms with Gasteiger partial charge in [0.25, 0.3) is 0 Å². The standard InChI is InChI=1S/C17H20BrNO/c1-13(2)12-20-16-8-5-7-15(10-16)19-11-14-6-3-4-9-17(14)18/h3-10,13,19H,11-12H2,1-2H3. The van der Waals surface area contributed by atoms with E-state index in [0.717, 1.165) is 29.1 Å². The van der Waals surface area contributed by atoms with E-state index in [0.29, 0.717) is 5.92 Å². The highest BCUT2D eigenvalue weighted by Crippen LogP contribution is 2.21. The van der Waals surface area contributed by atoms with Gasteiger partial charge < -0.3 is 10.1 Å². The maximum Gasteiger partial charge on any atom is 0.121 e. The summed E-state index contributed by atoms with van der Waals surface area (Å²) in [5.41, 5.74) is 2.31. The Hall–Kier alpha value is -1.48. The molecule has 2 aromatic carbocycles. The predicted molar refractivity (Wildman–Crippen MR) is 88.2 cm³/mol. The zero-order valence-electron chi connectivity index (χ0n) is 11.9. The summed E-state index contributed by atoms with van der Waals surface area (Å²) in [6, 6.07) is 16.3. The van der Waals surface area contributed by atoms with Crippen molar-refractivity contribution in [3.8, 4) is 5.75 Å². The molecule has 0 amide bonds. The van der Waals surface area contributed by atoms with E-state index >= 15 is 0 Å². The van der Waals surface area contributed by atoms with E-state index in [-0.39, 0.29) is 0 Å². The van der Waals surface area contributed by atoms with E-state index in [2.05, 4.69) is 53.3 Å². The van der Waals surface area contributed by atoms with Gasteiger partial charge in [0.2, 0.25) is 0 Å². The van der Waals surface area contributed by atoms with Crippen molar-refractivity contribution < 1.29 is 4.74 Å². The summed E-state index contributed by atoms with van der Waals surface area (Å²) >= 11 is 3.56. The Balaban J connectivity index is 1.96. The molecule has 106 valence electrons. The van der Waals surface area contributed by atoms with Crippen LogP contribution >= 0.6 is 15.9 Å². The third kappa shape index (κ3) is 4.57. The van der Waals surface area contributed by atoms with Crippen LogP contribution < -0.4 is 10.1 Å². The number of benzene rings is 2. The fourth-order valence-electron chi connectivity index (χ4n) is 1.80. The first kappa shape index (κ1) is 14.9. The van der Waals surface area contributed by atoms with Crippen LogP contribution in [0.3, 0.4) is 0 Å². The van der Waals surface area contributed by atoms with Gasteiger partial charge in [-0.3, -0.25) is 0 Å². The SMILES string of the molecule is CC(C)COc1cccc(NCc2ccccc2Br)c1. The van der Waals surface area contributed by atoms with Gasteiger partial charge in [-0.15, -0.1) is 0 Å². The monoisotopic (exact) mass is 333 g/mol. The van der Waals surface area contributed by atoms with Gasteiger partial charge in [-0.05, 0) is 29.7 Å². The molecule has 3 heteroatoms. The second-order valence-electron chi connectivity index (χ2n) is 5.18. The maximum atomic E-state index is 5.73. The van der Waals surface area contributed by atoms with Crippen LogP contribution in [0.1, 0.15) is 19.4 Å². The number of rotatable bonds is 6. The lowest BCUT2D eigenvalue weighted by atomic mass is 10.2. The molecule has 0 spiro atoms. The molecule has 0 bridgehead atoms. The van der Waals surface area contributed by atoms with Crippen molar-refractivity contribution >= 4 is 21.6 Å². The van der Waals surface area contributed by atoms with Crippen molar-refractivity contribution in [1.29, 1.82) is 0 Å². The molecule has 0 saturated heterocycles. The lowest BCUT2D eigenvalue weighted by molar-refractivity contribution is 0.271. The topological polar surface area (TPSA) is 21.3 Å². The smallest absolute Gasteiger partial charge is 0.121 e. The number of hydrogen-bond donors (Lipinski definition) is 1. The lowest BCUT2D eigenvalue weighted by Gasteiger charge is -2.12. The molecule has 2 aromatic rings. The third-order valence-electron chi connectivity index (χ3n) is 2.86. The Kier molecular flexibility index (Phi) is 5.48. The summed E-state index contributed by atoms with van der Waals surface area (Å²) in [7, 11) is 0. The zero-order chi connectivity index (χ0) is 14.4. The summed E-state index contributed by atoms with van der Waals surface area (Å²) in [4.78, 5) is 0. The van der Waals surface area contributed by atoms with Crippen molar-refractivity contribution in [2.75, 3.05) is 11.9 Å². The van der Waals surface area contributed by atoms with Crippen LogP contribution in [-0.4, -0.2) is 6.61 Å². The Labute approximate surface area is 129 Å². The van der Waals surface area contributed by atoms with Crippen LogP contribution in [-0.2, 0) is 6.54 Å². The molecular weight excluding hydrogens is 314 g/mol. The molecule has 2 nitrogen and oxygen atoms in total. The van der Waals surface area contributed by atoms with Crippen molar-refractivity contribution in [1.82, 2.24) is 0 Å². The Bertz CT molecular complexity index is 554. The number of nitrogens with one attached hydrogen (secondary N) is 1. The van der Waals surface area contributed by atoms with Crippen LogP contribution in [0.2, 0.25) is 0 Å². The normalized spacial score (nSPS) is 10.6. The van der Waals surface area contributed by atoms with Crippen LogP contribution in [0.4, 0.5) is 5.69 Å². The van der Waals surface area contributed by atoms with Gasteiger partial charge in [0.1, 0.15) is 5.75 Å². The first-order valence-corrected chi connectivity index (χ1v) is 7.64. The number of hydrogen-bond acceptors (Lipinski definition) is 2. The number of anilines is 1. The minimum atomic E-state index is 0.534. The van der Waals surface area contributed by atoms with Gasteiger partial charge in [0.05, 0.1) is 6.61 Å². The van der Waals surface area contributed by atoms with Gasteiger partial charge in [0, 0.05) is 22.8 Å². The van der Waals surface area contributed by atoms with Crippen LogP contribution in [0.25, 0.3) is 0 Å². The molecular formula is C17H20BrNO. The third-order valence-corrected chi connectivity index (χ3v) is 3.63. The Morgan fingerprint density at radius 3 is 2.65 bits per heavy atom. The molecule has 0 unspecified atom stereocenters. The van der Waals surface area contributed by atoms with E-state index in [4.69, 9.17) is 4.74 Å². The Morgan fingerprint density at radius 1 is 1.10 bits per heavy atom. The molecule has 2 rings (SSSR count). The zero-order valence-corrected chi connectivity index (χ0v) is 13.5. The van der Waals surface area contributed by atoms with Crippen molar-refractivity contribution in [2.24, 2.45) is 5.92 Å². The van der Waals surface area contributed by atoms with E-state index in [9.17, 15) is 0 Å². The first-order chi connectivity index (χ1) is 9.65. The largest absolute Gasteiger partial charge is 0.493 e. The predicted octanol–water partition coefficient (Wildman–Crippen LogP) is 5.10. The van der Waals surface area contributed by atoms with E-state index < -0.39 is 0 Å². The van der Waals surface area contributed by atoms with Crippen molar-refractivity contribution in [3.05, 3.63) is 58.6 Å². The molecule has 1 N–H and O–H groups in total. The van der Waals surface area contributed by atoms with E-state index in [1.807, 2.05) is 30.3 Å². The maximum absolute atomic E-state index is 5.73. The highest BCUT2D eigenvalue weighted by atomic mass is 79.9. The molecule has 0 atom stereocenters. The number of ether oxygens (including phenoxy) is 1. The molecule has 0 fully saturated rings. The molecule has 0 aliphatic carbocycles. The fraction of sp³-hybridized carbons (Fsp3) is 0.294. The van der Waals surface area contributed by atoms with Crippen LogP contribution in [0.15, 0.2) is 53.0 Å². The van der Waals surface area contributed by atoms with Gasteiger partial charge in [-0.1, -0.05) is 54.0 Å². The second kappa shape index (κ2) is 7.34. The average molecular weight is 334 g/mol. The van der Waals surface area contributed by atoms with Gasteiger partial charge in [-0.2, -0.15) is 0 Å². The van der Waals surface area contributed by atoms with Crippen molar-refractivity contribution in [3.63, 3.8) is 0 Å². The molecule has 20 heavy (non-hydrogen) atoms. The highest BCUT2D eigenvalue weighted by Gasteiger charge is 2.01. The Morgan fingerprint density at radius 2 is 1.90 bits per heavy atom. The minimum Gasteiger partial charge on any atom is -0.493 e. The van der Waals surface area contributed by atoms with Crippen molar-refractivity contribution in [2.45, 2.75) is 20.4 Å². The summed E-state index contributed by atoms with van der Waals surface area (Å²) in [5, 5.41) is 3.42. The summed E-state index contributed by atoms with van der Waals surface area (Å²) in [6.07, 6.45) is 0. The molecule has 0 radical (unpaired) electrons. The van der Waals surface area contributed by atoms with Gasteiger partial charge >= 0.3 is 0 Å². The number of halogens is 1. The molecule has 0 saturated carbocycles. The minimum absolute atomic E-state index is 0.534. The first-order valence-electron chi connectivity index (χ1n) is 6.85. The highest BCUT2D eigenvalue weighted by molar-refractivity contribution is 9.10. The second-order valence-corrected chi connectivity index (χ2v) is 6.03. The van der Waals surface area contributed by atoms with E-state index in [1.54, 1.807) is 0 Å². The molecule has 0 heterocycles. The summed E-state index contributed by atoms with van der Waals surface area (Å²) < 4.78 is 6.86. The molecule has 0 aliphatic heterocycles. The molecule has 0 aliphatic rings. The fourth-order valence-corrected chi connectivity index (χ4v) is 2.22. The van der Waals surface area contributed by atoms with Crippen LogP contribution in [0.5, 0.6) is 5.75 Å². The van der Waals surface area contributed by atoms with E-state index in [1.165, 1.54) is 5.56 Å². The lowest BCUT2D eigenvalue weighted by Crippen LogP contribution is -2.05. The summed E-state index contributed by atoms with van der Waals surface area (Å²) in [5.74, 6) is 1.45. The average Bonchev–Trinajstić information content (AvgIpc) is 2.45. The van der Waals surface area contributed by atoms with Crippen LogP contribution in [0, 0.1) is 5.92 Å². The molecule has 0 aromatic heterocycles. The van der Waals surface area contributed by atoms with Gasteiger partial charge in [0.15, 0.2) is 0 Å². The quantitative estimate of drug-likeness (QED) is 0.794.